The third kappa shape index (κ3) is 6.40. The van der Waals surface area contributed by atoms with E-state index < -0.39 is 0 Å². The first-order valence-electron chi connectivity index (χ1n) is 11.5. The molecule has 0 saturated carbocycles. The van der Waals surface area contributed by atoms with Crippen molar-refractivity contribution in [2.45, 2.75) is 44.1 Å². The van der Waals surface area contributed by atoms with E-state index in [2.05, 4.69) is 53.7 Å². The Balaban J connectivity index is 1.53. The van der Waals surface area contributed by atoms with Gasteiger partial charge in [0.1, 0.15) is 0 Å². The van der Waals surface area contributed by atoms with Crippen LogP contribution >= 0.6 is 35.0 Å². The number of amides is 2. The van der Waals surface area contributed by atoms with Crippen LogP contribution in [0.2, 0.25) is 10.0 Å². The third-order valence-corrected chi connectivity index (χ3v) is 7.24. The zero-order chi connectivity index (χ0) is 25.7. The predicted octanol–water partition coefficient (Wildman–Crippen LogP) is 7.62. The average Bonchev–Trinajstić information content (AvgIpc) is 3.26. The maximum Gasteiger partial charge on any atom is 0.319 e. The van der Waals surface area contributed by atoms with E-state index in [0.29, 0.717) is 44.1 Å². The first kappa shape index (κ1) is 26.1. The van der Waals surface area contributed by atoms with Crippen molar-refractivity contribution in [3.8, 4) is 5.69 Å². The normalized spacial score (nSPS) is 11.1. The number of urea groups is 1. The van der Waals surface area contributed by atoms with Crippen LogP contribution in [0.15, 0.2) is 71.9 Å². The van der Waals surface area contributed by atoms with Crippen LogP contribution in [0.4, 0.5) is 10.5 Å². The number of nitrogens with zero attached hydrogens (tertiary/aromatic N) is 3. The highest BCUT2D eigenvalue weighted by atomic mass is 35.5. The molecular formula is C27H27Cl2N5OS. The average molecular weight is 541 g/mol. The molecule has 3 aromatic carbocycles. The van der Waals surface area contributed by atoms with Gasteiger partial charge >= 0.3 is 6.03 Å². The number of benzene rings is 3. The molecule has 0 saturated heterocycles. The van der Waals surface area contributed by atoms with E-state index in [0.717, 1.165) is 0 Å². The summed E-state index contributed by atoms with van der Waals surface area (Å²) in [7, 11) is 0. The van der Waals surface area contributed by atoms with Crippen molar-refractivity contribution in [3.63, 3.8) is 0 Å². The van der Waals surface area contributed by atoms with E-state index in [4.69, 9.17) is 23.2 Å². The van der Waals surface area contributed by atoms with Gasteiger partial charge in [-0.3, -0.25) is 4.57 Å². The SMILES string of the molecule is Cc1ccccc1CSc1nnc(CNC(=O)Nc2ccc(C(C)C)cc2)n1-c1cc(Cl)ccc1Cl. The molecule has 2 N–H and O–H groups in total. The molecular weight excluding hydrogens is 513 g/mol. The molecule has 1 aromatic heterocycles. The Hall–Kier alpha value is -3.00. The maximum atomic E-state index is 12.6. The van der Waals surface area contributed by atoms with Crippen molar-refractivity contribution in [2.75, 3.05) is 5.32 Å². The third-order valence-electron chi connectivity index (χ3n) is 5.71. The molecule has 1 heterocycles. The zero-order valence-electron chi connectivity index (χ0n) is 20.3. The molecule has 0 atom stereocenters. The monoisotopic (exact) mass is 539 g/mol. The molecule has 0 aliphatic carbocycles. The van der Waals surface area contributed by atoms with Gasteiger partial charge in [0.2, 0.25) is 0 Å². The Labute approximate surface area is 225 Å². The minimum atomic E-state index is -0.340. The van der Waals surface area contributed by atoms with Crippen LogP contribution < -0.4 is 10.6 Å². The summed E-state index contributed by atoms with van der Waals surface area (Å²) in [6, 6.07) is 20.9. The number of carbonyl (C=O) groups excluding carboxylic acids is 1. The number of rotatable bonds is 8. The molecule has 4 rings (SSSR count). The maximum absolute atomic E-state index is 12.6. The largest absolute Gasteiger partial charge is 0.331 e. The Bertz CT molecular complexity index is 1350. The van der Waals surface area contributed by atoms with Crippen molar-refractivity contribution in [1.82, 2.24) is 20.1 Å². The number of hydrogen-bond donors (Lipinski definition) is 2. The lowest BCUT2D eigenvalue weighted by molar-refractivity contribution is 0.251. The summed E-state index contributed by atoms with van der Waals surface area (Å²) in [4.78, 5) is 12.6. The van der Waals surface area contributed by atoms with Crippen LogP contribution in [-0.4, -0.2) is 20.8 Å². The molecule has 2 amide bonds. The number of halogens is 2. The Morgan fingerprint density at radius 1 is 1.03 bits per heavy atom. The van der Waals surface area contributed by atoms with E-state index in [9.17, 15) is 4.79 Å². The van der Waals surface area contributed by atoms with Crippen LogP contribution in [0.1, 0.15) is 42.3 Å². The van der Waals surface area contributed by atoms with Gasteiger partial charge in [-0.2, -0.15) is 0 Å². The second-order valence-electron chi connectivity index (χ2n) is 8.63. The van der Waals surface area contributed by atoms with Crippen molar-refractivity contribution in [2.24, 2.45) is 0 Å². The minimum Gasteiger partial charge on any atom is -0.331 e. The number of carbonyl (C=O) groups is 1. The lowest BCUT2D eigenvalue weighted by Crippen LogP contribution is -2.29. The molecule has 0 aliphatic rings. The van der Waals surface area contributed by atoms with E-state index in [1.54, 1.807) is 30.0 Å². The molecule has 4 aromatic rings. The van der Waals surface area contributed by atoms with Crippen molar-refractivity contribution < 1.29 is 4.79 Å². The summed E-state index contributed by atoms with van der Waals surface area (Å²) in [6.45, 7) is 6.49. The Morgan fingerprint density at radius 3 is 2.50 bits per heavy atom. The van der Waals surface area contributed by atoms with Crippen LogP contribution in [0.5, 0.6) is 0 Å². The smallest absolute Gasteiger partial charge is 0.319 e. The summed E-state index contributed by atoms with van der Waals surface area (Å²) in [5, 5.41) is 16.2. The number of aryl methyl sites for hydroxylation is 1. The second-order valence-corrected chi connectivity index (χ2v) is 10.4. The van der Waals surface area contributed by atoms with E-state index in [-0.39, 0.29) is 12.6 Å². The number of nitrogens with one attached hydrogen (secondary N) is 2. The van der Waals surface area contributed by atoms with Crippen molar-refractivity contribution >= 4 is 46.7 Å². The zero-order valence-corrected chi connectivity index (χ0v) is 22.6. The van der Waals surface area contributed by atoms with E-state index in [1.807, 2.05) is 41.0 Å². The van der Waals surface area contributed by atoms with Gasteiger partial charge in [-0.05, 0) is 59.9 Å². The number of aromatic nitrogens is 3. The molecule has 0 spiro atoms. The summed E-state index contributed by atoms with van der Waals surface area (Å²) in [5.74, 6) is 1.68. The molecule has 0 fully saturated rings. The summed E-state index contributed by atoms with van der Waals surface area (Å²) in [6.07, 6.45) is 0. The highest BCUT2D eigenvalue weighted by Gasteiger charge is 2.18. The molecule has 0 bridgehead atoms. The topological polar surface area (TPSA) is 71.8 Å². The molecule has 0 radical (unpaired) electrons. The lowest BCUT2D eigenvalue weighted by Gasteiger charge is -2.14. The van der Waals surface area contributed by atoms with Crippen LogP contribution in [0, 0.1) is 6.92 Å². The fourth-order valence-electron chi connectivity index (χ4n) is 3.61. The highest BCUT2D eigenvalue weighted by molar-refractivity contribution is 7.98. The fourth-order valence-corrected chi connectivity index (χ4v) is 5.02. The van der Waals surface area contributed by atoms with Gasteiger partial charge in [-0.25, -0.2) is 4.79 Å². The van der Waals surface area contributed by atoms with E-state index >= 15 is 0 Å². The number of hydrogen-bond acceptors (Lipinski definition) is 4. The highest BCUT2D eigenvalue weighted by Crippen LogP contribution is 2.31. The second kappa shape index (κ2) is 11.8. The predicted molar refractivity (Wildman–Crippen MR) is 149 cm³/mol. The van der Waals surface area contributed by atoms with Gasteiger partial charge < -0.3 is 10.6 Å². The van der Waals surface area contributed by atoms with E-state index in [1.165, 1.54) is 16.7 Å². The Morgan fingerprint density at radius 2 is 1.78 bits per heavy atom. The van der Waals surface area contributed by atoms with Gasteiger partial charge in [0.25, 0.3) is 0 Å². The van der Waals surface area contributed by atoms with Crippen LogP contribution in [0.25, 0.3) is 5.69 Å². The van der Waals surface area contributed by atoms with Crippen molar-refractivity contribution in [1.29, 1.82) is 0 Å². The van der Waals surface area contributed by atoms with Gasteiger partial charge in [-0.15, -0.1) is 10.2 Å². The Kier molecular flexibility index (Phi) is 8.56. The number of thioether (sulfide) groups is 1. The summed E-state index contributed by atoms with van der Waals surface area (Å²) < 4.78 is 1.84. The first-order valence-corrected chi connectivity index (χ1v) is 13.3. The number of anilines is 1. The van der Waals surface area contributed by atoms with Gasteiger partial charge in [-0.1, -0.05) is 85.2 Å². The lowest BCUT2D eigenvalue weighted by atomic mass is 10.0. The minimum absolute atomic E-state index is 0.149. The first-order chi connectivity index (χ1) is 17.3. The molecule has 36 heavy (non-hydrogen) atoms. The van der Waals surface area contributed by atoms with Crippen molar-refractivity contribution in [3.05, 3.63) is 99.3 Å². The molecule has 0 aliphatic heterocycles. The molecule has 6 nitrogen and oxygen atoms in total. The summed E-state index contributed by atoms with van der Waals surface area (Å²) in [5.41, 5.74) is 4.99. The quantitative estimate of drug-likeness (QED) is 0.226. The standard InChI is InChI=1S/C27H27Cl2N5OS/c1-17(2)19-8-11-22(12-9-19)31-26(35)30-15-25-32-33-27(36-16-20-7-5-4-6-18(20)3)34(25)24-14-21(28)10-13-23(24)29/h4-14,17H,15-16H2,1-3H3,(H2,30,31,35). The van der Waals surface area contributed by atoms with Gasteiger partial charge in [0, 0.05) is 16.5 Å². The van der Waals surface area contributed by atoms with Gasteiger partial charge in [0.15, 0.2) is 11.0 Å². The molecule has 9 heteroatoms. The molecule has 186 valence electrons. The fraction of sp³-hybridized carbons (Fsp3) is 0.222. The van der Waals surface area contributed by atoms with Crippen LogP contribution in [-0.2, 0) is 12.3 Å². The van der Waals surface area contributed by atoms with Gasteiger partial charge in [0.05, 0.1) is 17.3 Å². The summed E-state index contributed by atoms with van der Waals surface area (Å²) >= 11 is 14.4. The molecule has 0 unspecified atom stereocenters. The van der Waals surface area contributed by atoms with Crippen LogP contribution in [0.3, 0.4) is 0 Å².